The molecular weight excluding hydrogens is 266 g/mol. The highest BCUT2D eigenvalue weighted by Gasteiger charge is 2.24. The molecule has 0 spiro atoms. The van der Waals surface area contributed by atoms with E-state index in [9.17, 15) is 9.90 Å². The molecule has 1 saturated carbocycles. The van der Waals surface area contributed by atoms with Crippen LogP contribution in [0, 0.1) is 6.92 Å². The molecule has 0 radical (unpaired) electrons. The Morgan fingerprint density at radius 1 is 1.43 bits per heavy atom. The molecule has 4 N–H and O–H groups in total. The van der Waals surface area contributed by atoms with Crippen molar-refractivity contribution < 1.29 is 9.90 Å². The fourth-order valence-corrected chi connectivity index (χ4v) is 2.96. The van der Waals surface area contributed by atoms with Gasteiger partial charge in [0.1, 0.15) is 0 Å². The van der Waals surface area contributed by atoms with Gasteiger partial charge in [-0.2, -0.15) is 0 Å². The number of anilines is 2. The number of nitrogen functional groups attached to an aromatic ring is 1. The number of carbonyl (C=O) groups excluding carboxylic acids is 1. The minimum atomic E-state index is -0.0779. The van der Waals surface area contributed by atoms with Gasteiger partial charge in [0.2, 0.25) is 5.91 Å². The molecule has 0 unspecified atom stereocenters. The van der Waals surface area contributed by atoms with Crippen molar-refractivity contribution in [3.8, 4) is 0 Å². The first-order valence-corrected chi connectivity index (χ1v) is 7.61. The summed E-state index contributed by atoms with van der Waals surface area (Å²) in [7, 11) is 0. The number of benzene rings is 1. The van der Waals surface area contributed by atoms with E-state index < -0.39 is 0 Å². The Labute approximate surface area is 126 Å². The van der Waals surface area contributed by atoms with Crippen LogP contribution in [0.3, 0.4) is 0 Å². The second kappa shape index (κ2) is 7.43. The van der Waals surface area contributed by atoms with E-state index in [1.54, 1.807) is 0 Å². The van der Waals surface area contributed by atoms with Gasteiger partial charge in [-0.1, -0.05) is 18.9 Å². The maximum Gasteiger partial charge on any atom is 0.238 e. The largest absolute Gasteiger partial charge is 0.397 e. The SMILES string of the molecule is Cc1ccc(NC(=O)CN(CCO)C2CCCC2)c(N)c1. The summed E-state index contributed by atoms with van der Waals surface area (Å²) in [5.41, 5.74) is 8.22. The molecule has 21 heavy (non-hydrogen) atoms. The molecule has 1 aromatic carbocycles. The predicted molar refractivity (Wildman–Crippen MR) is 85.1 cm³/mol. The van der Waals surface area contributed by atoms with E-state index in [4.69, 9.17) is 5.73 Å². The molecule has 5 nitrogen and oxygen atoms in total. The number of amides is 1. The van der Waals surface area contributed by atoms with Crippen molar-refractivity contribution in [2.75, 3.05) is 30.7 Å². The third-order valence-electron chi connectivity index (χ3n) is 4.06. The van der Waals surface area contributed by atoms with E-state index in [1.165, 1.54) is 12.8 Å². The van der Waals surface area contributed by atoms with Crippen LogP contribution in [0.5, 0.6) is 0 Å². The van der Waals surface area contributed by atoms with Crippen molar-refractivity contribution in [1.82, 2.24) is 4.90 Å². The molecule has 1 fully saturated rings. The molecule has 1 aliphatic rings. The number of nitrogens with two attached hydrogens (primary N) is 1. The van der Waals surface area contributed by atoms with Gasteiger partial charge in [-0.15, -0.1) is 0 Å². The van der Waals surface area contributed by atoms with Gasteiger partial charge >= 0.3 is 0 Å². The van der Waals surface area contributed by atoms with Crippen LogP contribution in [0.15, 0.2) is 18.2 Å². The lowest BCUT2D eigenvalue weighted by Gasteiger charge is -2.27. The Balaban J connectivity index is 1.95. The van der Waals surface area contributed by atoms with E-state index in [2.05, 4.69) is 10.2 Å². The third-order valence-corrected chi connectivity index (χ3v) is 4.06. The van der Waals surface area contributed by atoms with Gasteiger partial charge in [-0.25, -0.2) is 0 Å². The molecule has 1 amide bonds. The average molecular weight is 291 g/mol. The zero-order chi connectivity index (χ0) is 15.2. The van der Waals surface area contributed by atoms with E-state index in [1.807, 2.05) is 25.1 Å². The van der Waals surface area contributed by atoms with Crippen molar-refractivity contribution >= 4 is 17.3 Å². The van der Waals surface area contributed by atoms with Crippen LogP contribution in [0.2, 0.25) is 0 Å². The lowest BCUT2D eigenvalue weighted by Crippen LogP contribution is -2.41. The summed E-state index contributed by atoms with van der Waals surface area (Å²) in [6.07, 6.45) is 4.64. The Morgan fingerprint density at radius 3 is 2.76 bits per heavy atom. The number of aliphatic hydroxyl groups is 1. The number of hydrogen-bond acceptors (Lipinski definition) is 4. The Morgan fingerprint density at radius 2 is 2.14 bits per heavy atom. The van der Waals surface area contributed by atoms with Crippen LogP contribution >= 0.6 is 0 Å². The maximum atomic E-state index is 12.2. The molecular formula is C16H25N3O2. The molecule has 1 aromatic rings. The third kappa shape index (κ3) is 4.44. The topological polar surface area (TPSA) is 78.6 Å². The van der Waals surface area contributed by atoms with Crippen LogP contribution in [0.25, 0.3) is 0 Å². The number of aliphatic hydroxyl groups excluding tert-OH is 1. The minimum absolute atomic E-state index is 0.0779. The first kappa shape index (κ1) is 15.8. The lowest BCUT2D eigenvalue weighted by molar-refractivity contribution is -0.118. The van der Waals surface area contributed by atoms with Crippen molar-refractivity contribution in [2.24, 2.45) is 0 Å². The molecule has 1 aliphatic carbocycles. The normalized spacial score (nSPS) is 15.6. The highest BCUT2D eigenvalue weighted by molar-refractivity contribution is 5.95. The standard InChI is InChI=1S/C16H25N3O2/c1-12-6-7-15(14(17)10-12)18-16(21)11-19(8-9-20)13-4-2-3-5-13/h6-7,10,13,20H,2-5,8-9,11,17H2,1H3,(H,18,21). The quantitative estimate of drug-likeness (QED) is 0.698. The summed E-state index contributed by atoms with van der Waals surface area (Å²) in [6, 6.07) is 6.01. The zero-order valence-electron chi connectivity index (χ0n) is 12.6. The number of carbonyl (C=O) groups is 1. The van der Waals surface area contributed by atoms with Gasteiger partial charge in [0.15, 0.2) is 0 Å². The van der Waals surface area contributed by atoms with Crippen LogP contribution in [-0.4, -0.2) is 41.7 Å². The smallest absolute Gasteiger partial charge is 0.238 e. The molecule has 116 valence electrons. The van der Waals surface area contributed by atoms with E-state index in [0.29, 0.717) is 30.5 Å². The molecule has 0 saturated heterocycles. The summed E-state index contributed by atoms with van der Waals surface area (Å²) in [6.45, 7) is 2.89. The number of nitrogens with zero attached hydrogens (tertiary/aromatic N) is 1. The van der Waals surface area contributed by atoms with Crippen molar-refractivity contribution in [1.29, 1.82) is 0 Å². The van der Waals surface area contributed by atoms with Gasteiger partial charge in [0, 0.05) is 12.6 Å². The fraction of sp³-hybridized carbons (Fsp3) is 0.562. The Kier molecular flexibility index (Phi) is 5.59. The Bertz CT molecular complexity index is 484. The van der Waals surface area contributed by atoms with E-state index in [-0.39, 0.29) is 12.5 Å². The van der Waals surface area contributed by atoms with Crippen molar-refractivity contribution in [2.45, 2.75) is 38.6 Å². The minimum Gasteiger partial charge on any atom is -0.397 e. The average Bonchev–Trinajstić information content (AvgIpc) is 2.95. The van der Waals surface area contributed by atoms with Gasteiger partial charge in [0.05, 0.1) is 24.5 Å². The predicted octanol–water partition coefficient (Wildman–Crippen LogP) is 1.75. The lowest BCUT2D eigenvalue weighted by atomic mass is 10.2. The molecule has 2 rings (SSSR count). The molecule has 0 aromatic heterocycles. The molecule has 0 heterocycles. The van der Waals surface area contributed by atoms with Gasteiger partial charge in [0.25, 0.3) is 0 Å². The molecule has 0 aliphatic heterocycles. The van der Waals surface area contributed by atoms with Crippen molar-refractivity contribution in [3.63, 3.8) is 0 Å². The van der Waals surface area contributed by atoms with Gasteiger partial charge < -0.3 is 16.2 Å². The first-order chi connectivity index (χ1) is 10.1. The summed E-state index contributed by atoms with van der Waals surface area (Å²) in [4.78, 5) is 14.3. The van der Waals surface area contributed by atoms with E-state index in [0.717, 1.165) is 18.4 Å². The highest BCUT2D eigenvalue weighted by Crippen LogP contribution is 2.24. The number of hydrogen-bond donors (Lipinski definition) is 3. The fourth-order valence-electron chi connectivity index (χ4n) is 2.96. The molecule has 0 atom stereocenters. The number of nitrogens with one attached hydrogen (secondary N) is 1. The number of rotatable bonds is 6. The monoisotopic (exact) mass is 291 g/mol. The molecule has 5 heteroatoms. The maximum absolute atomic E-state index is 12.2. The number of aryl methyl sites for hydroxylation is 1. The van der Waals surface area contributed by atoms with Crippen LogP contribution in [-0.2, 0) is 4.79 Å². The highest BCUT2D eigenvalue weighted by atomic mass is 16.3. The summed E-state index contributed by atoms with van der Waals surface area (Å²) in [5, 5.41) is 12.0. The first-order valence-electron chi connectivity index (χ1n) is 7.61. The van der Waals surface area contributed by atoms with E-state index >= 15 is 0 Å². The second-order valence-electron chi connectivity index (χ2n) is 5.77. The summed E-state index contributed by atoms with van der Waals surface area (Å²) >= 11 is 0. The summed E-state index contributed by atoms with van der Waals surface area (Å²) < 4.78 is 0. The van der Waals surface area contributed by atoms with Gasteiger partial charge in [-0.05, 0) is 37.5 Å². The van der Waals surface area contributed by atoms with Crippen LogP contribution in [0.4, 0.5) is 11.4 Å². The zero-order valence-corrected chi connectivity index (χ0v) is 12.6. The molecule has 0 bridgehead atoms. The van der Waals surface area contributed by atoms with Crippen LogP contribution < -0.4 is 11.1 Å². The van der Waals surface area contributed by atoms with Gasteiger partial charge in [-0.3, -0.25) is 9.69 Å². The van der Waals surface area contributed by atoms with Crippen molar-refractivity contribution in [3.05, 3.63) is 23.8 Å². The Hall–Kier alpha value is -1.59. The van der Waals surface area contributed by atoms with Crippen LogP contribution in [0.1, 0.15) is 31.2 Å². The summed E-state index contributed by atoms with van der Waals surface area (Å²) in [5.74, 6) is -0.0779. The second-order valence-corrected chi connectivity index (χ2v) is 5.77.